The lowest BCUT2D eigenvalue weighted by molar-refractivity contribution is -0.121. The van der Waals surface area contributed by atoms with E-state index in [-0.39, 0.29) is 17.9 Å². The average Bonchev–Trinajstić information content (AvgIpc) is 2.24. The number of hydrogen-bond acceptors (Lipinski definition) is 2. The molecule has 0 rings (SSSR count). The van der Waals surface area contributed by atoms with Crippen LogP contribution in [0.5, 0.6) is 0 Å². The molecule has 3 N–H and O–H groups in total. The highest BCUT2D eigenvalue weighted by atomic mass is 32.1. The Balaban J connectivity index is 3.80. The summed E-state index contributed by atoms with van der Waals surface area (Å²) in [6, 6.07) is -0.173. The van der Waals surface area contributed by atoms with Gasteiger partial charge in [0, 0.05) is 6.42 Å². The minimum absolute atomic E-state index is 0.0630. The topological polar surface area (TPSA) is 55.1 Å². The van der Waals surface area contributed by atoms with Gasteiger partial charge in [-0.1, -0.05) is 58.7 Å². The van der Waals surface area contributed by atoms with Crippen molar-refractivity contribution in [2.45, 2.75) is 65.3 Å². The molecule has 0 spiro atoms. The summed E-state index contributed by atoms with van der Waals surface area (Å²) in [5, 5.41) is 2.90. The van der Waals surface area contributed by atoms with Crippen molar-refractivity contribution in [2.75, 3.05) is 0 Å². The fraction of sp³-hybridized carbons (Fsp3) is 0.846. The highest BCUT2D eigenvalue weighted by Crippen LogP contribution is 2.06. The van der Waals surface area contributed by atoms with E-state index in [4.69, 9.17) is 18.0 Å². The van der Waals surface area contributed by atoms with Gasteiger partial charge in [0.2, 0.25) is 5.91 Å². The number of nitrogens with two attached hydrogens (primary N) is 1. The first-order valence-corrected chi connectivity index (χ1v) is 6.98. The van der Waals surface area contributed by atoms with Crippen LogP contribution in [-0.4, -0.2) is 16.9 Å². The molecule has 100 valence electrons. The summed E-state index contributed by atoms with van der Waals surface area (Å²) in [4.78, 5) is 12.0. The molecule has 1 atom stereocenters. The normalized spacial score (nSPS) is 12.5. The molecule has 4 heteroatoms. The second kappa shape index (κ2) is 9.40. The number of carbonyl (C=O) groups excluding carboxylic acids is 1. The largest absolute Gasteiger partial charge is 0.392 e. The van der Waals surface area contributed by atoms with Crippen LogP contribution in [0.3, 0.4) is 0 Å². The monoisotopic (exact) mass is 258 g/mol. The van der Waals surface area contributed by atoms with Gasteiger partial charge in [0.15, 0.2) is 0 Å². The molecular formula is C13H26N2OS. The molecule has 0 saturated carbocycles. The molecule has 1 amide bonds. The van der Waals surface area contributed by atoms with Gasteiger partial charge in [-0.25, -0.2) is 0 Å². The minimum atomic E-state index is -0.173. The Morgan fingerprint density at radius 2 is 1.82 bits per heavy atom. The van der Waals surface area contributed by atoms with Crippen molar-refractivity contribution in [3.8, 4) is 0 Å². The predicted octanol–water partition coefficient (Wildman–Crippen LogP) is 2.77. The molecule has 0 aliphatic rings. The number of thiocarbonyl (C=S) groups is 1. The highest BCUT2D eigenvalue weighted by molar-refractivity contribution is 7.80. The van der Waals surface area contributed by atoms with Crippen molar-refractivity contribution in [1.82, 2.24) is 5.32 Å². The highest BCUT2D eigenvalue weighted by Gasteiger charge is 2.18. The van der Waals surface area contributed by atoms with Crippen LogP contribution in [0.1, 0.15) is 59.3 Å². The number of nitrogens with one attached hydrogen (secondary N) is 1. The molecule has 0 aromatic carbocycles. The zero-order valence-electron chi connectivity index (χ0n) is 11.3. The van der Waals surface area contributed by atoms with Crippen molar-refractivity contribution in [3.05, 3.63) is 0 Å². The van der Waals surface area contributed by atoms with E-state index in [0.717, 1.165) is 12.8 Å². The van der Waals surface area contributed by atoms with Crippen LogP contribution in [0.15, 0.2) is 0 Å². The summed E-state index contributed by atoms with van der Waals surface area (Å²) in [7, 11) is 0. The molecule has 0 saturated heterocycles. The van der Waals surface area contributed by atoms with Crippen molar-refractivity contribution in [3.63, 3.8) is 0 Å². The van der Waals surface area contributed by atoms with Gasteiger partial charge < -0.3 is 11.1 Å². The quantitative estimate of drug-likeness (QED) is 0.494. The van der Waals surface area contributed by atoms with E-state index in [1.807, 2.05) is 13.8 Å². The summed E-state index contributed by atoms with van der Waals surface area (Å²) in [6.45, 7) is 6.19. The summed E-state index contributed by atoms with van der Waals surface area (Å²) in [6.07, 6.45) is 6.35. The Bertz CT molecular complexity index is 242. The third kappa shape index (κ3) is 8.13. The summed E-state index contributed by atoms with van der Waals surface area (Å²) < 4.78 is 0. The Labute approximate surface area is 111 Å². The fourth-order valence-corrected chi connectivity index (χ4v) is 2.03. The van der Waals surface area contributed by atoms with Gasteiger partial charge in [-0.05, 0) is 12.3 Å². The average molecular weight is 258 g/mol. The molecule has 0 radical (unpaired) electrons. The van der Waals surface area contributed by atoms with Gasteiger partial charge in [-0.15, -0.1) is 0 Å². The number of hydrogen-bond donors (Lipinski definition) is 2. The zero-order chi connectivity index (χ0) is 13.3. The van der Waals surface area contributed by atoms with Gasteiger partial charge >= 0.3 is 0 Å². The summed E-state index contributed by atoms with van der Waals surface area (Å²) >= 11 is 4.94. The molecule has 3 nitrogen and oxygen atoms in total. The second-order valence-electron chi connectivity index (χ2n) is 4.86. The maximum atomic E-state index is 11.7. The lowest BCUT2D eigenvalue weighted by Gasteiger charge is -2.20. The van der Waals surface area contributed by atoms with Crippen molar-refractivity contribution < 1.29 is 4.79 Å². The molecule has 0 aliphatic heterocycles. The Hall–Kier alpha value is -0.640. The molecule has 1 unspecified atom stereocenters. The lowest BCUT2D eigenvalue weighted by Crippen LogP contribution is -2.46. The van der Waals surface area contributed by atoms with E-state index < -0.39 is 0 Å². The van der Waals surface area contributed by atoms with E-state index >= 15 is 0 Å². The molecule has 0 aliphatic carbocycles. The summed E-state index contributed by atoms with van der Waals surface area (Å²) in [5.41, 5.74) is 5.60. The number of carbonyl (C=O) groups is 1. The molecule has 0 heterocycles. The first-order chi connectivity index (χ1) is 7.99. The van der Waals surface area contributed by atoms with E-state index in [0.29, 0.717) is 11.4 Å². The van der Waals surface area contributed by atoms with Crippen molar-refractivity contribution in [1.29, 1.82) is 0 Å². The number of unbranched alkanes of at least 4 members (excludes halogenated alkanes) is 4. The Morgan fingerprint density at radius 3 is 2.29 bits per heavy atom. The predicted molar refractivity (Wildman–Crippen MR) is 76.9 cm³/mol. The SMILES string of the molecule is CCCCCCCC(=O)NC(C(N)=S)C(C)C. The van der Waals surface area contributed by atoms with Crippen LogP contribution in [-0.2, 0) is 4.79 Å². The van der Waals surface area contributed by atoms with E-state index in [9.17, 15) is 4.79 Å². The van der Waals surface area contributed by atoms with Crippen LogP contribution >= 0.6 is 12.2 Å². The Morgan fingerprint density at radius 1 is 1.24 bits per heavy atom. The molecular weight excluding hydrogens is 232 g/mol. The van der Waals surface area contributed by atoms with E-state index in [1.165, 1.54) is 19.3 Å². The van der Waals surface area contributed by atoms with E-state index in [1.54, 1.807) is 0 Å². The van der Waals surface area contributed by atoms with Crippen LogP contribution < -0.4 is 11.1 Å². The third-order valence-electron chi connectivity index (χ3n) is 2.80. The zero-order valence-corrected chi connectivity index (χ0v) is 12.1. The maximum absolute atomic E-state index is 11.7. The molecule has 17 heavy (non-hydrogen) atoms. The molecule has 0 fully saturated rings. The molecule has 0 aromatic rings. The van der Waals surface area contributed by atoms with E-state index in [2.05, 4.69) is 12.2 Å². The van der Waals surface area contributed by atoms with Crippen molar-refractivity contribution >= 4 is 23.1 Å². The lowest BCUT2D eigenvalue weighted by atomic mass is 10.0. The first-order valence-electron chi connectivity index (χ1n) is 6.57. The minimum Gasteiger partial charge on any atom is -0.392 e. The van der Waals surface area contributed by atoms with Gasteiger partial charge in [0.05, 0.1) is 11.0 Å². The standard InChI is InChI=1S/C13H26N2OS/c1-4-5-6-7-8-9-11(16)15-12(10(2)3)13(14)17/h10,12H,4-9H2,1-3H3,(H2,14,17)(H,15,16). The van der Waals surface area contributed by atoms with Crippen LogP contribution in [0, 0.1) is 5.92 Å². The van der Waals surface area contributed by atoms with Crippen molar-refractivity contribution in [2.24, 2.45) is 11.7 Å². The maximum Gasteiger partial charge on any atom is 0.220 e. The van der Waals surface area contributed by atoms with Crippen LogP contribution in [0.25, 0.3) is 0 Å². The van der Waals surface area contributed by atoms with Crippen LogP contribution in [0.4, 0.5) is 0 Å². The second-order valence-corrected chi connectivity index (χ2v) is 5.33. The number of amides is 1. The van der Waals surface area contributed by atoms with Gasteiger partial charge in [0.1, 0.15) is 0 Å². The van der Waals surface area contributed by atoms with Gasteiger partial charge in [-0.3, -0.25) is 4.79 Å². The van der Waals surface area contributed by atoms with Gasteiger partial charge in [0.25, 0.3) is 0 Å². The van der Waals surface area contributed by atoms with Crippen LogP contribution in [0.2, 0.25) is 0 Å². The molecule has 0 bridgehead atoms. The fourth-order valence-electron chi connectivity index (χ4n) is 1.70. The molecule has 0 aromatic heterocycles. The summed E-state index contributed by atoms with van der Waals surface area (Å²) in [5.74, 6) is 0.310. The van der Waals surface area contributed by atoms with Gasteiger partial charge in [-0.2, -0.15) is 0 Å². The Kier molecular flexibility index (Phi) is 9.04. The smallest absolute Gasteiger partial charge is 0.220 e. The number of rotatable bonds is 9. The third-order valence-corrected chi connectivity index (χ3v) is 3.05. The first kappa shape index (κ1) is 16.4.